The van der Waals surface area contributed by atoms with E-state index in [1.165, 1.54) is 0 Å². The Morgan fingerprint density at radius 1 is 1.20 bits per heavy atom. The highest BCUT2D eigenvalue weighted by Gasteiger charge is 2.06. The van der Waals surface area contributed by atoms with Gasteiger partial charge in [0.2, 0.25) is 0 Å². The average Bonchev–Trinajstić information content (AvgIpc) is 3.21. The molecule has 0 aliphatic rings. The second kappa shape index (κ2) is 7.79. The molecule has 1 amide bonds. The Bertz CT molecular complexity index is 818. The summed E-state index contributed by atoms with van der Waals surface area (Å²) in [6, 6.07) is 11.6. The van der Waals surface area contributed by atoms with Gasteiger partial charge in [0.15, 0.2) is 0 Å². The van der Waals surface area contributed by atoms with E-state index in [0.29, 0.717) is 18.7 Å². The van der Waals surface area contributed by atoms with Crippen LogP contribution in [0.5, 0.6) is 0 Å². The van der Waals surface area contributed by atoms with Crippen LogP contribution in [-0.4, -0.2) is 32.0 Å². The van der Waals surface area contributed by atoms with Crippen molar-refractivity contribution >= 4 is 5.91 Å². The first-order valence-electron chi connectivity index (χ1n) is 8.47. The number of hydrogen-bond acceptors (Lipinski definition) is 3. The standard InChI is InChI=1S/C19H23N5O/c1-15-13-16(2)24(22-15)12-3-9-20-19(25)18-7-5-17(6-8-18)14-23-11-4-10-21-23/h4-8,10-11,13H,3,9,12,14H2,1-2H3,(H,20,25). The number of nitrogens with one attached hydrogen (secondary N) is 1. The summed E-state index contributed by atoms with van der Waals surface area (Å²) in [6.45, 7) is 6.18. The first-order valence-corrected chi connectivity index (χ1v) is 8.47. The molecular formula is C19H23N5O. The topological polar surface area (TPSA) is 64.7 Å². The van der Waals surface area contributed by atoms with Crippen molar-refractivity contribution < 1.29 is 4.79 Å². The second-order valence-electron chi connectivity index (χ2n) is 6.16. The van der Waals surface area contributed by atoms with Crippen LogP contribution in [0.4, 0.5) is 0 Å². The molecule has 0 saturated carbocycles. The lowest BCUT2D eigenvalue weighted by atomic mass is 10.1. The Kier molecular flexibility index (Phi) is 5.28. The molecule has 0 unspecified atom stereocenters. The van der Waals surface area contributed by atoms with Crippen LogP contribution in [-0.2, 0) is 13.1 Å². The maximum absolute atomic E-state index is 12.2. The number of hydrogen-bond donors (Lipinski definition) is 1. The third-order valence-corrected chi connectivity index (χ3v) is 4.06. The predicted molar refractivity (Wildman–Crippen MR) is 96.4 cm³/mol. The maximum Gasteiger partial charge on any atom is 0.251 e. The van der Waals surface area contributed by atoms with Crippen LogP contribution < -0.4 is 5.32 Å². The van der Waals surface area contributed by atoms with E-state index in [9.17, 15) is 4.79 Å². The minimum atomic E-state index is -0.0426. The van der Waals surface area contributed by atoms with Crippen LogP contribution in [0.1, 0.15) is 33.7 Å². The lowest BCUT2D eigenvalue weighted by Crippen LogP contribution is -2.25. The van der Waals surface area contributed by atoms with Crippen LogP contribution in [0.15, 0.2) is 48.8 Å². The summed E-state index contributed by atoms with van der Waals surface area (Å²) in [5.74, 6) is -0.0426. The van der Waals surface area contributed by atoms with Gasteiger partial charge >= 0.3 is 0 Å². The van der Waals surface area contributed by atoms with Gasteiger partial charge in [-0.2, -0.15) is 10.2 Å². The molecule has 1 aromatic carbocycles. The summed E-state index contributed by atoms with van der Waals surface area (Å²) in [5, 5.41) is 11.6. The van der Waals surface area contributed by atoms with Crippen molar-refractivity contribution in [1.82, 2.24) is 24.9 Å². The van der Waals surface area contributed by atoms with Crippen molar-refractivity contribution in [3.8, 4) is 0 Å². The highest BCUT2D eigenvalue weighted by atomic mass is 16.1. The van der Waals surface area contributed by atoms with Gasteiger partial charge in [-0.1, -0.05) is 12.1 Å². The van der Waals surface area contributed by atoms with Gasteiger partial charge < -0.3 is 5.32 Å². The molecule has 1 N–H and O–H groups in total. The fraction of sp³-hybridized carbons (Fsp3) is 0.316. The van der Waals surface area contributed by atoms with Crippen molar-refractivity contribution in [1.29, 1.82) is 0 Å². The van der Waals surface area contributed by atoms with Crippen LogP contribution >= 0.6 is 0 Å². The Hall–Kier alpha value is -2.89. The lowest BCUT2D eigenvalue weighted by Gasteiger charge is -2.08. The van der Waals surface area contributed by atoms with Gasteiger partial charge in [-0.25, -0.2) is 0 Å². The van der Waals surface area contributed by atoms with Gasteiger partial charge in [-0.15, -0.1) is 0 Å². The molecule has 0 radical (unpaired) electrons. The van der Waals surface area contributed by atoms with Crippen molar-refractivity contribution in [3.63, 3.8) is 0 Å². The minimum Gasteiger partial charge on any atom is -0.352 e. The fourth-order valence-electron chi connectivity index (χ4n) is 2.78. The molecule has 25 heavy (non-hydrogen) atoms. The first-order chi connectivity index (χ1) is 12.1. The van der Waals surface area contributed by atoms with E-state index >= 15 is 0 Å². The molecule has 0 fully saturated rings. The van der Waals surface area contributed by atoms with Crippen molar-refractivity contribution in [2.24, 2.45) is 0 Å². The van der Waals surface area contributed by atoms with Crippen LogP contribution in [0, 0.1) is 13.8 Å². The van der Waals surface area contributed by atoms with E-state index in [1.54, 1.807) is 6.20 Å². The van der Waals surface area contributed by atoms with Crippen LogP contribution in [0.2, 0.25) is 0 Å². The lowest BCUT2D eigenvalue weighted by molar-refractivity contribution is 0.0952. The fourth-order valence-corrected chi connectivity index (χ4v) is 2.78. The van der Waals surface area contributed by atoms with E-state index in [2.05, 4.69) is 21.6 Å². The monoisotopic (exact) mass is 337 g/mol. The summed E-state index contributed by atoms with van der Waals surface area (Å²) < 4.78 is 3.83. The zero-order valence-corrected chi connectivity index (χ0v) is 14.6. The largest absolute Gasteiger partial charge is 0.352 e. The number of amides is 1. The van der Waals surface area contributed by atoms with Gasteiger partial charge in [0.25, 0.3) is 5.91 Å². The molecular weight excluding hydrogens is 314 g/mol. The van der Waals surface area contributed by atoms with E-state index in [-0.39, 0.29) is 5.91 Å². The van der Waals surface area contributed by atoms with E-state index in [4.69, 9.17) is 0 Å². The molecule has 0 bridgehead atoms. The highest BCUT2D eigenvalue weighted by Crippen LogP contribution is 2.06. The van der Waals surface area contributed by atoms with Crippen molar-refractivity contribution in [2.75, 3.05) is 6.54 Å². The molecule has 6 nitrogen and oxygen atoms in total. The number of benzene rings is 1. The summed E-state index contributed by atoms with van der Waals surface area (Å²) in [7, 11) is 0. The molecule has 3 aromatic rings. The first kappa shape index (κ1) is 17.0. The number of carbonyl (C=O) groups is 1. The zero-order chi connectivity index (χ0) is 17.6. The minimum absolute atomic E-state index is 0.0426. The van der Waals surface area contributed by atoms with E-state index in [1.807, 2.05) is 59.7 Å². The molecule has 0 aliphatic heterocycles. The molecule has 130 valence electrons. The molecule has 6 heteroatoms. The number of nitrogens with zero attached hydrogens (tertiary/aromatic N) is 4. The number of aryl methyl sites for hydroxylation is 3. The quantitative estimate of drug-likeness (QED) is 0.674. The van der Waals surface area contributed by atoms with E-state index < -0.39 is 0 Å². The smallest absolute Gasteiger partial charge is 0.251 e. The summed E-state index contributed by atoms with van der Waals surface area (Å²) in [6.07, 6.45) is 4.53. The maximum atomic E-state index is 12.2. The summed E-state index contributed by atoms with van der Waals surface area (Å²) >= 11 is 0. The van der Waals surface area contributed by atoms with E-state index in [0.717, 1.165) is 29.9 Å². The second-order valence-corrected chi connectivity index (χ2v) is 6.16. The summed E-state index contributed by atoms with van der Waals surface area (Å²) in [4.78, 5) is 12.2. The SMILES string of the molecule is Cc1cc(C)n(CCCNC(=O)c2ccc(Cn3cccn3)cc2)n1. The molecule has 0 spiro atoms. The highest BCUT2D eigenvalue weighted by molar-refractivity contribution is 5.94. The molecule has 0 atom stereocenters. The van der Waals surface area contributed by atoms with Gasteiger partial charge in [0.1, 0.15) is 0 Å². The van der Waals surface area contributed by atoms with Gasteiger partial charge in [0.05, 0.1) is 12.2 Å². The number of aromatic nitrogens is 4. The third-order valence-electron chi connectivity index (χ3n) is 4.06. The number of carbonyl (C=O) groups excluding carboxylic acids is 1. The average molecular weight is 337 g/mol. The predicted octanol–water partition coefficient (Wildman–Crippen LogP) is 2.56. The van der Waals surface area contributed by atoms with Gasteiger partial charge in [0, 0.05) is 36.7 Å². The summed E-state index contributed by atoms with van der Waals surface area (Å²) in [5.41, 5.74) is 3.97. The Balaban J connectivity index is 1.45. The van der Waals surface area contributed by atoms with Crippen LogP contribution in [0.3, 0.4) is 0 Å². The van der Waals surface area contributed by atoms with Gasteiger partial charge in [-0.05, 0) is 50.1 Å². The van der Waals surface area contributed by atoms with Crippen molar-refractivity contribution in [2.45, 2.75) is 33.4 Å². The Labute approximate surface area is 147 Å². The molecule has 0 aliphatic carbocycles. The van der Waals surface area contributed by atoms with Crippen molar-refractivity contribution in [3.05, 3.63) is 71.3 Å². The van der Waals surface area contributed by atoms with Gasteiger partial charge in [-0.3, -0.25) is 14.2 Å². The normalized spacial score (nSPS) is 10.8. The third kappa shape index (κ3) is 4.56. The molecule has 2 aromatic heterocycles. The Morgan fingerprint density at radius 3 is 2.64 bits per heavy atom. The molecule has 2 heterocycles. The zero-order valence-electron chi connectivity index (χ0n) is 14.6. The molecule has 3 rings (SSSR count). The van der Waals surface area contributed by atoms with Crippen LogP contribution in [0.25, 0.3) is 0 Å². The Morgan fingerprint density at radius 2 is 2.00 bits per heavy atom. The molecule has 0 saturated heterocycles. The number of rotatable bonds is 7.